The first-order valence-electron chi connectivity index (χ1n) is 7.21. The van der Waals surface area contributed by atoms with Crippen molar-refractivity contribution in [2.45, 2.75) is 13.8 Å². The molecule has 0 aliphatic carbocycles. The number of fused-ring (bicyclic) bond motifs is 1. The van der Waals surface area contributed by atoms with Gasteiger partial charge in [-0.3, -0.25) is 0 Å². The number of aryl methyl sites for hydroxylation is 1. The van der Waals surface area contributed by atoms with E-state index < -0.39 is 0 Å². The Morgan fingerprint density at radius 2 is 2.10 bits per heavy atom. The zero-order valence-electron chi connectivity index (χ0n) is 12.3. The summed E-state index contributed by atoms with van der Waals surface area (Å²) in [5.41, 5.74) is 2.30. The van der Waals surface area contributed by atoms with E-state index in [1.165, 1.54) is 10.3 Å². The summed E-state index contributed by atoms with van der Waals surface area (Å²) >= 11 is 1.72. The third kappa shape index (κ3) is 2.95. The van der Waals surface area contributed by atoms with Gasteiger partial charge in [0.25, 0.3) is 0 Å². The second-order valence-corrected chi connectivity index (χ2v) is 6.15. The molecule has 1 aromatic carbocycles. The second-order valence-electron chi connectivity index (χ2n) is 5.14. The lowest BCUT2D eigenvalue weighted by Crippen LogP contribution is -2.48. The monoisotopic (exact) mass is 305 g/mol. The van der Waals surface area contributed by atoms with Crippen LogP contribution >= 0.6 is 11.3 Å². The van der Waals surface area contributed by atoms with Crippen molar-refractivity contribution in [3.05, 3.63) is 23.8 Å². The molecule has 1 amide bonds. The molecular formula is C15H19N3O2S. The summed E-state index contributed by atoms with van der Waals surface area (Å²) in [6.45, 7) is 7.33. The van der Waals surface area contributed by atoms with E-state index in [9.17, 15) is 4.79 Å². The number of nitrogens with zero attached hydrogens (tertiary/aromatic N) is 3. The minimum absolute atomic E-state index is 0.211. The zero-order valence-corrected chi connectivity index (χ0v) is 13.2. The summed E-state index contributed by atoms with van der Waals surface area (Å²) < 4.78 is 6.26. The number of carbonyl (C=O) groups excluding carboxylic acids is 1. The van der Waals surface area contributed by atoms with E-state index in [4.69, 9.17) is 9.72 Å². The van der Waals surface area contributed by atoms with Crippen LogP contribution in [0.3, 0.4) is 0 Å². The van der Waals surface area contributed by atoms with Gasteiger partial charge >= 0.3 is 6.09 Å². The van der Waals surface area contributed by atoms with E-state index in [2.05, 4.69) is 30.0 Å². The highest BCUT2D eigenvalue weighted by Gasteiger charge is 2.23. The number of carbonyl (C=O) groups is 1. The van der Waals surface area contributed by atoms with Crippen molar-refractivity contribution >= 4 is 32.8 Å². The molecule has 112 valence electrons. The lowest BCUT2D eigenvalue weighted by Gasteiger charge is -2.33. The highest BCUT2D eigenvalue weighted by molar-refractivity contribution is 7.22. The van der Waals surface area contributed by atoms with Crippen LogP contribution in [0, 0.1) is 6.92 Å². The molecule has 1 aromatic heterocycles. The average Bonchev–Trinajstić information content (AvgIpc) is 2.90. The van der Waals surface area contributed by atoms with E-state index in [-0.39, 0.29) is 6.09 Å². The number of anilines is 1. The molecule has 0 radical (unpaired) electrons. The van der Waals surface area contributed by atoms with E-state index in [0.29, 0.717) is 19.7 Å². The van der Waals surface area contributed by atoms with Crippen LogP contribution in [0.1, 0.15) is 12.5 Å². The highest BCUT2D eigenvalue weighted by atomic mass is 32.1. The Morgan fingerprint density at radius 3 is 2.81 bits per heavy atom. The van der Waals surface area contributed by atoms with Crippen LogP contribution in [0.4, 0.5) is 9.93 Å². The number of benzene rings is 1. The molecule has 1 aliphatic rings. The summed E-state index contributed by atoms with van der Waals surface area (Å²) in [6, 6.07) is 6.33. The van der Waals surface area contributed by atoms with Gasteiger partial charge in [-0.1, -0.05) is 17.4 Å². The van der Waals surface area contributed by atoms with Gasteiger partial charge in [-0.2, -0.15) is 0 Å². The van der Waals surface area contributed by atoms with Crippen LogP contribution in [0.2, 0.25) is 0 Å². The summed E-state index contributed by atoms with van der Waals surface area (Å²) in [4.78, 5) is 20.4. The topological polar surface area (TPSA) is 45.7 Å². The van der Waals surface area contributed by atoms with Gasteiger partial charge in [0.1, 0.15) is 0 Å². The molecule has 0 saturated carbocycles. The molecule has 21 heavy (non-hydrogen) atoms. The summed E-state index contributed by atoms with van der Waals surface area (Å²) in [7, 11) is 0. The Balaban J connectivity index is 1.69. The first-order valence-corrected chi connectivity index (χ1v) is 8.03. The van der Waals surface area contributed by atoms with Crippen molar-refractivity contribution in [2.24, 2.45) is 0 Å². The van der Waals surface area contributed by atoms with Gasteiger partial charge in [-0.15, -0.1) is 0 Å². The van der Waals surface area contributed by atoms with Gasteiger partial charge in [0.2, 0.25) is 0 Å². The third-order valence-corrected chi connectivity index (χ3v) is 4.69. The quantitative estimate of drug-likeness (QED) is 0.856. The van der Waals surface area contributed by atoms with E-state index >= 15 is 0 Å². The van der Waals surface area contributed by atoms with Gasteiger partial charge in [0, 0.05) is 26.2 Å². The second kappa shape index (κ2) is 5.89. The summed E-state index contributed by atoms with van der Waals surface area (Å²) in [6.07, 6.45) is -0.211. The van der Waals surface area contributed by atoms with Crippen LogP contribution in [0.15, 0.2) is 18.2 Å². The Hall–Kier alpha value is -1.82. The van der Waals surface area contributed by atoms with E-state index in [1.807, 2.05) is 6.92 Å². The van der Waals surface area contributed by atoms with Crippen molar-refractivity contribution in [3.8, 4) is 0 Å². The van der Waals surface area contributed by atoms with Gasteiger partial charge in [0.15, 0.2) is 5.13 Å². The minimum Gasteiger partial charge on any atom is -0.450 e. The molecular weight excluding hydrogens is 286 g/mol. The fourth-order valence-corrected chi connectivity index (χ4v) is 3.57. The summed E-state index contributed by atoms with van der Waals surface area (Å²) in [5, 5.41) is 1.04. The summed E-state index contributed by atoms with van der Waals surface area (Å²) in [5.74, 6) is 0. The minimum atomic E-state index is -0.211. The molecule has 0 spiro atoms. The standard InChI is InChI=1S/C15H19N3O2S/c1-3-20-15(19)18-8-6-17(7-9-18)14-16-12-5-4-11(2)10-13(12)21-14/h4-5,10H,3,6-9H2,1-2H3. The SMILES string of the molecule is CCOC(=O)N1CCN(c2nc3ccc(C)cc3s2)CC1. The normalized spacial score (nSPS) is 15.5. The van der Waals surface area contributed by atoms with Crippen LogP contribution in [-0.2, 0) is 4.74 Å². The van der Waals surface area contributed by atoms with Crippen molar-refractivity contribution in [1.29, 1.82) is 0 Å². The molecule has 0 atom stereocenters. The molecule has 0 unspecified atom stereocenters. The lowest BCUT2D eigenvalue weighted by molar-refractivity contribution is 0.105. The van der Waals surface area contributed by atoms with Crippen molar-refractivity contribution in [1.82, 2.24) is 9.88 Å². The maximum absolute atomic E-state index is 11.7. The number of hydrogen-bond donors (Lipinski definition) is 0. The smallest absolute Gasteiger partial charge is 0.409 e. The molecule has 1 aliphatic heterocycles. The number of rotatable bonds is 2. The number of hydrogen-bond acceptors (Lipinski definition) is 5. The average molecular weight is 305 g/mol. The van der Waals surface area contributed by atoms with Crippen LogP contribution in [0.5, 0.6) is 0 Å². The Bertz CT molecular complexity index is 647. The van der Waals surface area contributed by atoms with Crippen LogP contribution < -0.4 is 4.90 Å². The predicted octanol–water partition coefficient (Wildman–Crippen LogP) is 2.88. The molecule has 3 rings (SSSR count). The molecule has 2 aromatic rings. The first-order chi connectivity index (χ1) is 10.2. The number of thiazole rings is 1. The molecule has 1 saturated heterocycles. The van der Waals surface area contributed by atoms with Gasteiger partial charge < -0.3 is 14.5 Å². The molecule has 6 heteroatoms. The van der Waals surface area contributed by atoms with Gasteiger partial charge in [-0.25, -0.2) is 9.78 Å². The van der Waals surface area contributed by atoms with Crippen molar-refractivity contribution < 1.29 is 9.53 Å². The fourth-order valence-electron chi connectivity index (χ4n) is 2.45. The van der Waals surface area contributed by atoms with Crippen LogP contribution in [-0.4, -0.2) is 48.8 Å². The third-order valence-electron chi connectivity index (χ3n) is 3.61. The number of amides is 1. The first kappa shape index (κ1) is 14.1. The molecule has 0 bridgehead atoms. The van der Waals surface area contributed by atoms with E-state index in [0.717, 1.165) is 23.7 Å². The maximum Gasteiger partial charge on any atom is 0.409 e. The molecule has 5 nitrogen and oxygen atoms in total. The van der Waals surface area contributed by atoms with Gasteiger partial charge in [0.05, 0.1) is 16.8 Å². The van der Waals surface area contributed by atoms with Crippen molar-refractivity contribution in [3.63, 3.8) is 0 Å². The lowest BCUT2D eigenvalue weighted by atomic mass is 10.2. The maximum atomic E-state index is 11.7. The Kier molecular flexibility index (Phi) is 3.96. The highest BCUT2D eigenvalue weighted by Crippen LogP contribution is 2.30. The number of piperazine rings is 1. The zero-order chi connectivity index (χ0) is 14.8. The molecule has 1 fully saturated rings. The number of aromatic nitrogens is 1. The Labute approximate surface area is 128 Å². The predicted molar refractivity (Wildman–Crippen MR) is 85.2 cm³/mol. The van der Waals surface area contributed by atoms with Crippen LogP contribution in [0.25, 0.3) is 10.2 Å². The fraction of sp³-hybridized carbons (Fsp3) is 0.467. The largest absolute Gasteiger partial charge is 0.450 e. The molecule has 2 heterocycles. The van der Waals surface area contributed by atoms with Gasteiger partial charge in [-0.05, 0) is 31.5 Å². The molecule has 0 N–H and O–H groups in total. The van der Waals surface area contributed by atoms with Crippen molar-refractivity contribution in [2.75, 3.05) is 37.7 Å². The van der Waals surface area contributed by atoms with E-state index in [1.54, 1.807) is 16.2 Å². The Morgan fingerprint density at radius 1 is 1.33 bits per heavy atom. The number of ether oxygens (including phenoxy) is 1.